The summed E-state index contributed by atoms with van der Waals surface area (Å²) in [6.07, 6.45) is 0.695. The van der Waals surface area contributed by atoms with Crippen LogP contribution in [0.4, 0.5) is 5.69 Å². The molecule has 0 aromatic heterocycles. The highest BCUT2D eigenvalue weighted by Crippen LogP contribution is 2.10. The summed E-state index contributed by atoms with van der Waals surface area (Å²) < 4.78 is 0. The van der Waals surface area contributed by atoms with E-state index in [-0.39, 0.29) is 24.1 Å². The summed E-state index contributed by atoms with van der Waals surface area (Å²) in [5.74, 6) is -0.432. The molecule has 1 N–H and O–H groups in total. The van der Waals surface area contributed by atoms with Crippen molar-refractivity contribution in [2.24, 2.45) is 0 Å². The van der Waals surface area contributed by atoms with Crippen molar-refractivity contribution < 1.29 is 14.4 Å². The number of ketones is 1. The van der Waals surface area contributed by atoms with E-state index in [2.05, 4.69) is 5.32 Å². The summed E-state index contributed by atoms with van der Waals surface area (Å²) in [4.78, 5) is 36.7. The Morgan fingerprint density at radius 1 is 0.920 bits per heavy atom. The SMILES string of the molecule is CC(=O)c1ccc(NC(=O)CN(CCc2ccccc2)C(C)=O)cc1. The van der Waals surface area contributed by atoms with Gasteiger partial charge in [0.2, 0.25) is 11.8 Å². The smallest absolute Gasteiger partial charge is 0.243 e. The van der Waals surface area contributed by atoms with Gasteiger partial charge in [-0.05, 0) is 43.2 Å². The number of anilines is 1. The number of Topliss-reactive ketones (excluding diaryl/α,β-unsaturated/α-hetero) is 1. The number of benzene rings is 2. The van der Waals surface area contributed by atoms with Crippen LogP contribution in [-0.4, -0.2) is 35.6 Å². The topological polar surface area (TPSA) is 66.5 Å². The minimum atomic E-state index is -0.265. The van der Waals surface area contributed by atoms with Crippen LogP contribution in [0.25, 0.3) is 0 Å². The molecule has 0 spiro atoms. The molecule has 2 amide bonds. The monoisotopic (exact) mass is 338 g/mol. The Balaban J connectivity index is 1.91. The van der Waals surface area contributed by atoms with Gasteiger partial charge in [0.05, 0.1) is 6.54 Å². The minimum absolute atomic E-state index is 0.00335. The van der Waals surface area contributed by atoms with Crippen LogP contribution in [0.3, 0.4) is 0 Å². The predicted molar refractivity (Wildman–Crippen MR) is 97.5 cm³/mol. The van der Waals surface area contributed by atoms with Gasteiger partial charge in [-0.1, -0.05) is 30.3 Å². The van der Waals surface area contributed by atoms with Gasteiger partial charge in [-0.15, -0.1) is 0 Å². The molecule has 0 bridgehead atoms. The van der Waals surface area contributed by atoms with Crippen LogP contribution in [0.1, 0.15) is 29.8 Å². The molecule has 0 aliphatic heterocycles. The van der Waals surface area contributed by atoms with Crippen molar-refractivity contribution in [3.8, 4) is 0 Å². The van der Waals surface area contributed by atoms with E-state index in [0.717, 1.165) is 5.56 Å². The number of hydrogen-bond donors (Lipinski definition) is 1. The zero-order valence-corrected chi connectivity index (χ0v) is 14.5. The highest BCUT2D eigenvalue weighted by atomic mass is 16.2. The van der Waals surface area contributed by atoms with E-state index < -0.39 is 0 Å². The van der Waals surface area contributed by atoms with E-state index in [9.17, 15) is 14.4 Å². The second-order valence-electron chi connectivity index (χ2n) is 5.86. The molecule has 0 atom stereocenters. The van der Waals surface area contributed by atoms with E-state index in [4.69, 9.17) is 0 Å². The molecule has 0 radical (unpaired) electrons. The summed E-state index contributed by atoms with van der Waals surface area (Å²) >= 11 is 0. The molecule has 0 saturated heterocycles. The van der Waals surface area contributed by atoms with Crippen molar-refractivity contribution in [1.29, 1.82) is 0 Å². The molecule has 0 aliphatic carbocycles. The lowest BCUT2D eigenvalue weighted by molar-refractivity contribution is -0.132. The molecule has 0 unspecified atom stereocenters. The van der Waals surface area contributed by atoms with Crippen LogP contribution in [0.5, 0.6) is 0 Å². The minimum Gasteiger partial charge on any atom is -0.333 e. The highest BCUT2D eigenvalue weighted by Gasteiger charge is 2.14. The average molecular weight is 338 g/mol. The van der Waals surface area contributed by atoms with Crippen LogP contribution < -0.4 is 5.32 Å². The fraction of sp³-hybridized carbons (Fsp3) is 0.250. The molecular weight excluding hydrogens is 316 g/mol. The Morgan fingerprint density at radius 3 is 2.12 bits per heavy atom. The Bertz CT molecular complexity index is 739. The summed E-state index contributed by atoms with van der Waals surface area (Å²) in [7, 11) is 0. The first-order valence-electron chi connectivity index (χ1n) is 8.16. The first-order valence-corrected chi connectivity index (χ1v) is 8.16. The second kappa shape index (κ2) is 8.78. The first kappa shape index (κ1) is 18.4. The molecule has 0 aliphatic rings. The third kappa shape index (κ3) is 5.88. The lowest BCUT2D eigenvalue weighted by atomic mass is 10.1. The quantitative estimate of drug-likeness (QED) is 0.789. The zero-order valence-electron chi connectivity index (χ0n) is 14.5. The van der Waals surface area contributed by atoms with Gasteiger partial charge in [0.15, 0.2) is 5.78 Å². The van der Waals surface area contributed by atoms with Gasteiger partial charge >= 0.3 is 0 Å². The van der Waals surface area contributed by atoms with Gasteiger partial charge in [0, 0.05) is 24.7 Å². The van der Waals surface area contributed by atoms with E-state index in [1.54, 1.807) is 24.3 Å². The number of hydrogen-bond acceptors (Lipinski definition) is 3. The number of nitrogens with one attached hydrogen (secondary N) is 1. The second-order valence-corrected chi connectivity index (χ2v) is 5.86. The van der Waals surface area contributed by atoms with E-state index in [1.165, 1.54) is 18.7 Å². The highest BCUT2D eigenvalue weighted by molar-refractivity contribution is 5.96. The molecule has 25 heavy (non-hydrogen) atoms. The van der Waals surface area contributed by atoms with Crippen LogP contribution in [0.2, 0.25) is 0 Å². The Hall–Kier alpha value is -2.95. The lowest BCUT2D eigenvalue weighted by Crippen LogP contribution is -2.38. The molecule has 2 aromatic carbocycles. The zero-order chi connectivity index (χ0) is 18.2. The molecule has 0 saturated carbocycles. The van der Waals surface area contributed by atoms with Crippen LogP contribution in [-0.2, 0) is 16.0 Å². The van der Waals surface area contributed by atoms with E-state index in [1.807, 2.05) is 30.3 Å². The Labute approximate surface area is 147 Å². The molecule has 2 aromatic rings. The number of carbonyl (C=O) groups excluding carboxylic acids is 3. The Morgan fingerprint density at radius 2 is 1.56 bits per heavy atom. The normalized spacial score (nSPS) is 10.2. The van der Waals surface area contributed by atoms with Gasteiger partial charge < -0.3 is 10.2 Å². The van der Waals surface area contributed by atoms with Crippen LogP contribution in [0, 0.1) is 0 Å². The van der Waals surface area contributed by atoms with Crippen molar-refractivity contribution in [1.82, 2.24) is 4.90 Å². The summed E-state index contributed by atoms with van der Waals surface area (Å²) in [6.45, 7) is 3.43. The Kier molecular flexibility index (Phi) is 6.46. The molecule has 2 rings (SSSR count). The maximum Gasteiger partial charge on any atom is 0.243 e. The van der Waals surface area contributed by atoms with Crippen molar-refractivity contribution in [2.45, 2.75) is 20.3 Å². The first-order chi connectivity index (χ1) is 12.0. The summed E-state index contributed by atoms with van der Waals surface area (Å²) in [5, 5.41) is 2.75. The van der Waals surface area contributed by atoms with Crippen molar-refractivity contribution >= 4 is 23.3 Å². The number of nitrogens with zero attached hydrogens (tertiary/aromatic N) is 1. The van der Waals surface area contributed by atoms with Crippen LogP contribution in [0.15, 0.2) is 54.6 Å². The average Bonchev–Trinajstić information content (AvgIpc) is 2.59. The molecule has 5 nitrogen and oxygen atoms in total. The van der Waals surface area contributed by atoms with Crippen molar-refractivity contribution in [3.63, 3.8) is 0 Å². The lowest BCUT2D eigenvalue weighted by Gasteiger charge is -2.20. The van der Waals surface area contributed by atoms with Gasteiger partial charge in [-0.2, -0.15) is 0 Å². The number of amides is 2. The molecule has 0 fully saturated rings. The van der Waals surface area contributed by atoms with Gasteiger partial charge in [-0.3, -0.25) is 14.4 Å². The third-order valence-corrected chi connectivity index (χ3v) is 3.87. The van der Waals surface area contributed by atoms with Crippen molar-refractivity contribution in [2.75, 3.05) is 18.4 Å². The van der Waals surface area contributed by atoms with E-state index in [0.29, 0.717) is 24.2 Å². The fourth-order valence-electron chi connectivity index (χ4n) is 2.42. The van der Waals surface area contributed by atoms with Gasteiger partial charge in [0.25, 0.3) is 0 Å². The van der Waals surface area contributed by atoms with Crippen molar-refractivity contribution in [3.05, 3.63) is 65.7 Å². The molecule has 5 heteroatoms. The van der Waals surface area contributed by atoms with Gasteiger partial charge in [-0.25, -0.2) is 0 Å². The maximum absolute atomic E-state index is 12.2. The summed E-state index contributed by atoms with van der Waals surface area (Å²) in [6, 6.07) is 16.5. The summed E-state index contributed by atoms with van der Waals surface area (Å²) in [5.41, 5.74) is 2.31. The maximum atomic E-state index is 12.2. The van der Waals surface area contributed by atoms with E-state index >= 15 is 0 Å². The largest absolute Gasteiger partial charge is 0.333 e. The number of carbonyl (C=O) groups is 3. The van der Waals surface area contributed by atoms with Gasteiger partial charge in [0.1, 0.15) is 0 Å². The van der Waals surface area contributed by atoms with Crippen LogP contribution >= 0.6 is 0 Å². The molecular formula is C20H22N2O3. The molecule has 130 valence electrons. The fourth-order valence-corrected chi connectivity index (χ4v) is 2.42. The molecule has 0 heterocycles. The third-order valence-electron chi connectivity index (χ3n) is 3.87. The number of rotatable bonds is 7. The predicted octanol–water partition coefficient (Wildman–Crippen LogP) is 2.92. The standard InChI is InChI=1S/C20H22N2O3/c1-15(23)18-8-10-19(11-9-18)21-20(25)14-22(16(2)24)13-12-17-6-4-3-5-7-17/h3-11H,12-14H2,1-2H3,(H,21,25).